The lowest BCUT2D eigenvalue weighted by Gasteiger charge is -2.05. The van der Waals surface area contributed by atoms with E-state index in [-0.39, 0.29) is 5.56 Å². The van der Waals surface area contributed by atoms with Gasteiger partial charge in [0.25, 0.3) is 5.56 Å². The maximum atomic E-state index is 12.6. The van der Waals surface area contributed by atoms with Crippen molar-refractivity contribution >= 4 is 22.4 Å². The Bertz CT molecular complexity index is 1170. The molecule has 0 N–H and O–H groups in total. The van der Waals surface area contributed by atoms with Crippen molar-refractivity contribution in [3.8, 4) is 17.1 Å². The summed E-state index contributed by atoms with van der Waals surface area (Å²) in [5, 5.41) is 4.34. The zero-order valence-corrected chi connectivity index (χ0v) is 16.4. The number of hydrogen-bond donors (Lipinski definition) is 0. The van der Waals surface area contributed by atoms with Crippen LogP contribution in [0, 0.1) is 0 Å². The number of ether oxygens (including phenoxy) is 1. The number of aromatic nitrogens is 4. The van der Waals surface area contributed by atoms with E-state index in [1.807, 2.05) is 42.5 Å². The molecule has 0 spiro atoms. The monoisotopic (exact) mass is 392 g/mol. The van der Waals surface area contributed by atoms with Crippen molar-refractivity contribution in [3.05, 3.63) is 69.2 Å². The molecular formula is C21H20N4O2S. The van der Waals surface area contributed by atoms with Crippen LogP contribution in [0.3, 0.4) is 0 Å². The molecule has 0 aliphatic heterocycles. The molecule has 142 valence electrons. The lowest BCUT2D eigenvalue weighted by atomic mass is 10.2. The summed E-state index contributed by atoms with van der Waals surface area (Å²) < 4.78 is 7.69. The highest BCUT2D eigenvalue weighted by atomic mass is 32.1. The average molecular weight is 392 g/mol. The molecule has 0 unspecified atom stereocenters. The highest BCUT2D eigenvalue weighted by molar-refractivity contribution is 7.15. The van der Waals surface area contributed by atoms with Crippen molar-refractivity contribution in [3.63, 3.8) is 0 Å². The minimum absolute atomic E-state index is 0.160. The lowest BCUT2D eigenvalue weighted by Crippen LogP contribution is -2.23. The molecule has 0 aliphatic carbocycles. The highest BCUT2D eigenvalue weighted by Gasteiger charge is 2.11. The molecule has 0 amide bonds. The number of thiazole rings is 1. The zero-order valence-electron chi connectivity index (χ0n) is 15.5. The minimum Gasteiger partial charge on any atom is -0.494 e. The third-order valence-electron chi connectivity index (χ3n) is 4.31. The van der Waals surface area contributed by atoms with E-state index in [0.29, 0.717) is 15.3 Å². The quantitative estimate of drug-likeness (QED) is 0.451. The van der Waals surface area contributed by atoms with Crippen LogP contribution in [0.2, 0.25) is 0 Å². The minimum atomic E-state index is -0.160. The molecule has 4 rings (SSSR count). The Morgan fingerprint density at radius 1 is 1.11 bits per heavy atom. The first-order chi connectivity index (χ1) is 13.7. The Morgan fingerprint density at radius 3 is 2.61 bits per heavy atom. The predicted octanol–water partition coefficient (Wildman–Crippen LogP) is 3.33. The summed E-state index contributed by atoms with van der Waals surface area (Å²) in [5.41, 5.74) is 1.62. The van der Waals surface area contributed by atoms with Crippen molar-refractivity contribution in [1.29, 1.82) is 0 Å². The number of rotatable bonds is 7. The molecule has 0 bridgehead atoms. The molecule has 0 radical (unpaired) electrons. The number of pyridine rings is 1. The van der Waals surface area contributed by atoms with E-state index in [4.69, 9.17) is 4.74 Å². The van der Waals surface area contributed by atoms with Gasteiger partial charge in [-0.3, -0.25) is 9.78 Å². The van der Waals surface area contributed by atoms with Crippen molar-refractivity contribution in [1.82, 2.24) is 19.6 Å². The molecular weight excluding hydrogens is 372 g/mol. The first-order valence-electron chi connectivity index (χ1n) is 9.29. The summed E-state index contributed by atoms with van der Waals surface area (Å²) in [6.45, 7) is 2.90. The molecule has 0 atom stereocenters. The van der Waals surface area contributed by atoms with Gasteiger partial charge in [-0.15, -0.1) is 5.10 Å². The fourth-order valence-corrected chi connectivity index (χ4v) is 3.72. The molecule has 7 heteroatoms. The molecule has 0 fully saturated rings. The number of hydrogen-bond acceptors (Lipinski definition) is 6. The summed E-state index contributed by atoms with van der Waals surface area (Å²) in [6.07, 6.45) is 8.63. The topological polar surface area (TPSA) is 69.4 Å². The van der Waals surface area contributed by atoms with Gasteiger partial charge < -0.3 is 4.74 Å². The van der Waals surface area contributed by atoms with E-state index >= 15 is 0 Å². The third-order valence-corrected chi connectivity index (χ3v) is 5.27. The van der Waals surface area contributed by atoms with Gasteiger partial charge >= 0.3 is 0 Å². The Hall–Kier alpha value is -3.06. The van der Waals surface area contributed by atoms with Gasteiger partial charge in [0, 0.05) is 18.0 Å². The number of unbranched alkanes of at least 4 members (excludes halogenated alkanes) is 2. The molecule has 6 nitrogen and oxygen atoms in total. The first-order valence-corrected chi connectivity index (χ1v) is 10.1. The van der Waals surface area contributed by atoms with Crippen LogP contribution in [0.25, 0.3) is 22.4 Å². The van der Waals surface area contributed by atoms with Crippen LogP contribution in [0.15, 0.2) is 53.6 Å². The van der Waals surface area contributed by atoms with Gasteiger partial charge in [0.05, 0.1) is 11.1 Å². The van der Waals surface area contributed by atoms with Gasteiger partial charge in [0.2, 0.25) is 4.96 Å². The van der Waals surface area contributed by atoms with Gasteiger partial charge in [0.15, 0.2) is 5.82 Å². The highest BCUT2D eigenvalue weighted by Crippen LogP contribution is 2.16. The van der Waals surface area contributed by atoms with Crippen LogP contribution in [0.5, 0.6) is 5.75 Å². The molecule has 1 aromatic carbocycles. The molecule has 4 aromatic rings. The third kappa shape index (κ3) is 3.94. The van der Waals surface area contributed by atoms with E-state index in [1.54, 1.807) is 12.4 Å². The van der Waals surface area contributed by atoms with E-state index in [9.17, 15) is 4.79 Å². The SMILES string of the molecule is CCCCCOc1ccc(/C=c2/sc3nc(-c4ccncc4)nn3c2=O)cc1. The smallest absolute Gasteiger partial charge is 0.291 e. The Labute approximate surface area is 166 Å². The van der Waals surface area contributed by atoms with Crippen molar-refractivity contribution in [2.75, 3.05) is 6.61 Å². The van der Waals surface area contributed by atoms with E-state index in [1.165, 1.54) is 28.7 Å². The maximum Gasteiger partial charge on any atom is 0.291 e. The van der Waals surface area contributed by atoms with E-state index in [0.717, 1.165) is 29.9 Å². The fourth-order valence-electron chi connectivity index (χ4n) is 2.81. The molecule has 0 saturated carbocycles. The molecule has 0 aliphatic rings. The zero-order chi connectivity index (χ0) is 19.3. The first kappa shape index (κ1) is 18.3. The average Bonchev–Trinajstić information content (AvgIpc) is 3.27. The maximum absolute atomic E-state index is 12.6. The van der Waals surface area contributed by atoms with E-state index in [2.05, 4.69) is 22.0 Å². The Morgan fingerprint density at radius 2 is 1.89 bits per heavy atom. The van der Waals surface area contributed by atoms with Crippen LogP contribution in [0.4, 0.5) is 0 Å². The van der Waals surface area contributed by atoms with Crippen LogP contribution in [-0.2, 0) is 0 Å². The van der Waals surface area contributed by atoms with E-state index < -0.39 is 0 Å². The lowest BCUT2D eigenvalue weighted by molar-refractivity contribution is 0.306. The van der Waals surface area contributed by atoms with Gasteiger partial charge in [-0.05, 0) is 42.3 Å². The summed E-state index contributed by atoms with van der Waals surface area (Å²) in [7, 11) is 0. The normalized spacial score (nSPS) is 12.0. The molecule has 0 saturated heterocycles. The summed E-state index contributed by atoms with van der Waals surface area (Å²) in [6, 6.07) is 11.4. The van der Waals surface area contributed by atoms with Crippen LogP contribution in [-0.4, -0.2) is 26.2 Å². The number of benzene rings is 1. The summed E-state index contributed by atoms with van der Waals surface area (Å²) in [4.78, 5) is 21.7. The van der Waals surface area contributed by atoms with Gasteiger partial charge in [-0.1, -0.05) is 43.2 Å². The van der Waals surface area contributed by atoms with Crippen LogP contribution in [0.1, 0.15) is 31.7 Å². The summed E-state index contributed by atoms with van der Waals surface area (Å²) >= 11 is 1.33. The standard InChI is InChI=1S/C21H20N4O2S/c1-2-3-4-13-27-17-7-5-15(6-8-17)14-18-20(26)25-21(28-18)23-19(24-25)16-9-11-22-12-10-16/h5-12,14H,2-4,13H2,1H3/b18-14+. The van der Waals surface area contributed by atoms with Crippen molar-refractivity contribution < 1.29 is 4.74 Å². The Balaban J connectivity index is 1.55. The van der Waals surface area contributed by atoms with Crippen molar-refractivity contribution in [2.45, 2.75) is 26.2 Å². The van der Waals surface area contributed by atoms with Crippen molar-refractivity contribution in [2.24, 2.45) is 0 Å². The second kappa shape index (κ2) is 8.31. The predicted molar refractivity (Wildman–Crippen MR) is 111 cm³/mol. The van der Waals surface area contributed by atoms with Crippen LogP contribution >= 0.6 is 11.3 Å². The fraction of sp³-hybridized carbons (Fsp3) is 0.238. The van der Waals surface area contributed by atoms with Gasteiger partial charge in [-0.2, -0.15) is 9.50 Å². The second-order valence-electron chi connectivity index (χ2n) is 6.41. The van der Waals surface area contributed by atoms with Crippen LogP contribution < -0.4 is 14.8 Å². The molecule has 3 heterocycles. The van der Waals surface area contributed by atoms with Gasteiger partial charge in [-0.25, -0.2) is 0 Å². The number of fused-ring (bicyclic) bond motifs is 1. The second-order valence-corrected chi connectivity index (χ2v) is 7.42. The number of nitrogens with zero attached hydrogens (tertiary/aromatic N) is 4. The molecule has 28 heavy (non-hydrogen) atoms. The van der Waals surface area contributed by atoms with Gasteiger partial charge in [0.1, 0.15) is 5.75 Å². The Kier molecular flexibility index (Phi) is 5.43. The molecule has 3 aromatic heterocycles. The summed E-state index contributed by atoms with van der Waals surface area (Å²) in [5.74, 6) is 1.38. The largest absolute Gasteiger partial charge is 0.494 e.